The molecule has 0 saturated carbocycles. The molecule has 24 heavy (non-hydrogen) atoms. The van der Waals surface area contributed by atoms with Crippen LogP contribution < -0.4 is 5.43 Å². The van der Waals surface area contributed by atoms with Crippen molar-refractivity contribution in [2.24, 2.45) is 5.10 Å². The van der Waals surface area contributed by atoms with Gasteiger partial charge in [-0.3, -0.25) is 15.5 Å². The van der Waals surface area contributed by atoms with Crippen LogP contribution in [0, 0.1) is 10.1 Å². The van der Waals surface area contributed by atoms with Crippen LogP contribution in [0.5, 0.6) is 0 Å². The molecule has 8 heteroatoms. The number of rotatable bonds is 5. The van der Waals surface area contributed by atoms with Crippen LogP contribution in [0.15, 0.2) is 65.1 Å². The summed E-state index contributed by atoms with van der Waals surface area (Å²) in [6.45, 7) is 0. The van der Waals surface area contributed by atoms with E-state index in [0.717, 1.165) is 16.8 Å². The van der Waals surface area contributed by atoms with Gasteiger partial charge in [-0.05, 0) is 17.7 Å². The van der Waals surface area contributed by atoms with Crippen LogP contribution in [0.4, 0.5) is 10.8 Å². The van der Waals surface area contributed by atoms with E-state index in [9.17, 15) is 10.1 Å². The highest BCUT2D eigenvalue weighted by Crippen LogP contribution is 2.24. The van der Waals surface area contributed by atoms with Gasteiger partial charge < -0.3 is 0 Å². The Bertz CT molecular complexity index is 835. The molecule has 0 bridgehead atoms. The van der Waals surface area contributed by atoms with E-state index in [4.69, 9.17) is 0 Å². The zero-order chi connectivity index (χ0) is 16.1. The van der Waals surface area contributed by atoms with Gasteiger partial charge in [-0.15, -0.1) is 28.3 Å². The Morgan fingerprint density at radius 2 is 1.83 bits per heavy atom. The van der Waals surface area contributed by atoms with Gasteiger partial charge in [-0.1, -0.05) is 30.3 Å². The predicted molar refractivity (Wildman–Crippen MR) is 102 cm³/mol. The van der Waals surface area contributed by atoms with Crippen molar-refractivity contribution in [3.05, 3.63) is 75.7 Å². The summed E-state index contributed by atoms with van der Waals surface area (Å²) in [5.74, 6) is 0. The first-order valence-corrected chi connectivity index (χ1v) is 7.65. The Morgan fingerprint density at radius 1 is 1.12 bits per heavy atom. The van der Waals surface area contributed by atoms with Gasteiger partial charge >= 0.3 is 0 Å². The molecule has 0 saturated heterocycles. The summed E-state index contributed by atoms with van der Waals surface area (Å²) in [5, 5.41) is 17.3. The first kappa shape index (κ1) is 17.8. The fourth-order valence-corrected chi connectivity index (χ4v) is 2.58. The molecule has 0 unspecified atom stereocenters. The fourth-order valence-electron chi connectivity index (χ4n) is 1.91. The third-order valence-electron chi connectivity index (χ3n) is 3.05. The van der Waals surface area contributed by atoms with Crippen LogP contribution in [0.3, 0.4) is 0 Å². The summed E-state index contributed by atoms with van der Waals surface area (Å²) < 4.78 is 0. The lowest BCUT2D eigenvalue weighted by Crippen LogP contribution is -1.91. The van der Waals surface area contributed by atoms with Crippen LogP contribution >= 0.6 is 28.3 Å². The van der Waals surface area contributed by atoms with Crippen LogP contribution in [0.25, 0.3) is 11.3 Å². The number of anilines is 1. The average molecular weight is 405 g/mol. The number of nitro groups is 1. The quantitative estimate of drug-likeness (QED) is 0.378. The van der Waals surface area contributed by atoms with E-state index >= 15 is 0 Å². The highest BCUT2D eigenvalue weighted by molar-refractivity contribution is 8.93. The number of nitrogens with zero attached hydrogens (tertiary/aromatic N) is 3. The molecule has 1 N–H and O–H groups in total. The van der Waals surface area contributed by atoms with E-state index in [0.29, 0.717) is 5.13 Å². The smallest absolute Gasteiger partial charge is 0.258 e. The van der Waals surface area contributed by atoms with Gasteiger partial charge in [0.15, 0.2) is 0 Å². The van der Waals surface area contributed by atoms with E-state index in [2.05, 4.69) is 15.5 Å². The molecule has 0 radical (unpaired) electrons. The van der Waals surface area contributed by atoms with Crippen molar-refractivity contribution in [1.82, 2.24) is 4.98 Å². The molecule has 0 aliphatic carbocycles. The number of hydrogen-bond donors (Lipinski definition) is 1. The number of nitro benzene ring substituents is 1. The van der Waals surface area contributed by atoms with Crippen molar-refractivity contribution in [1.29, 1.82) is 0 Å². The lowest BCUT2D eigenvalue weighted by atomic mass is 10.2. The third-order valence-corrected chi connectivity index (χ3v) is 3.80. The number of hydrogen-bond acceptors (Lipinski definition) is 6. The molecular formula is C16H13BrN4O2S. The van der Waals surface area contributed by atoms with Gasteiger partial charge in [-0.2, -0.15) is 5.10 Å². The van der Waals surface area contributed by atoms with Crippen molar-refractivity contribution < 1.29 is 4.92 Å². The molecule has 1 heterocycles. The summed E-state index contributed by atoms with van der Waals surface area (Å²) in [4.78, 5) is 14.6. The van der Waals surface area contributed by atoms with E-state index in [-0.39, 0.29) is 22.7 Å². The standard InChI is InChI=1S/C16H12N4O2S.BrH/c21-20(22)14-8-6-12(7-9-14)10-17-19-16-18-15(11-23-16)13-4-2-1-3-5-13;/h1-11H,(H,18,19);1H/b17-10+;. The fraction of sp³-hybridized carbons (Fsp3) is 0. The third kappa shape index (κ3) is 4.46. The second-order valence-electron chi connectivity index (χ2n) is 4.62. The Hall–Kier alpha value is -2.58. The van der Waals surface area contributed by atoms with Crippen molar-refractivity contribution in [3.63, 3.8) is 0 Å². The average Bonchev–Trinajstić information content (AvgIpc) is 3.05. The topological polar surface area (TPSA) is 80.4 Å². The number of nitrogens with one attached hydrogen (secondary N) is 1. The number of thiazole rings is 1. The van der Waals surface area contributed by atoms with E-state index in [1.165, 1.54) is 23.5 Å². The summed E-state index contributed by atoms with van der Waals surface area (Å²) >= 11 is 1.46. The maximum absolute atomic E-state index is 10.6. The van der Waals surface area contributed by atoms with Gasteiger partial charge in [0.1, 0.15) is 0 Å². The Kier molecular flexibility index (Phi) is 6.16. The minimum absolute atomic E-state index is 0. The molecule has 122 valence electrons. The van der Waals surface area contributed by atoms with Crippen molar-refractivity contribution >= 4 is 45.4 Å². The molecule has 0 aliphatic heterocycles. The van der Waals surface area contributed by atoms with E-state index in [1.54, 1.807) is 18.3 Å². The summed E-state index contributed by atoms with van der Waals surface area (Å²) in [6.07, 6.45) is 1.59. The Balaban J connectivity index is 0.00000208. The Morgan fingerprint density at radius 3 is 2.50 bits per heavy atom. The summed E-state index contributed by atoms with van der Waals surface area (Å²) in [5.41, 5.74) is 5.63. The molecule has 6 nitrogen and oxygen atoms in total. The maximum atomic E-state index is 10.6. The lowest BCUT2D eigenvalue weighted by Gasteiger charge is -1.96. The van der Waals surface area contributed by atoms with Crippen molar-refractivity contribution in [2.75, 3.05) is 5.43 Å². The number of non-ortho nitro benzene ring substituents is 1. The van der Waals surface area contributed by atoms with Crippen molar-refractivity contribution in [3.8, 4) is 11.3 Å². The maximum Gasteiger partial charge on any atom is 0.269 e. The molecular weight excluding hydrogens is 392 g/mol. The predicted octanol–water partition coefficient (Wildman–Crippen LogP) is 4.74. The minimum atomic E-state index is -0.431. The van der Waals surface area contributed by atoms with Gasteiger partial charge in [0.25, 0.3) is 5.69 Å². The molecule has 0 spiro atoms. The summed E-state index contributed by atoms with van der Waals surface area (Å²) in [7, 11) is 0. The molecule has 3 rings (SSSR count). The van der Waals surface area contributed by atoms with Gasteiger partial charge in [0, 0.05) is 23.1 Å². The van der Waals surface area contributed by atoms with Gasteiger partial charge in [0.2, 0.25) is 5.13 Å². The van der Waals surface area contributed by atoms with Crippen molar-refractivity contribution in [2.45, 2.75) is 0 Å². The number of halogens is 1. The number of hydrazone groups is 1. The monoisotopic (exact) mass is 404 g/mol. The lowest BCUT2D eigenvalue weighted by molar-refractivity contribution is -0.384. The van der Waals surface area contributed by atoms with E-state index < -0.39 is 4.92 Å². The SMILES string of the molecule is Br.O=[N+]([O-])c1ccc(/C=N/Nc2nc(-c3ccccc3)cs2)cc1. The van der Waals surface area contributed by atoms with Crippen LogP contribution in [0.1, 0.15) is 5.56 Å². The van der Waals surface area contributed by atoms with Crippen LogP contribution in [-0.2, 0) is 0 Å². The molecule has 0 amide bonds. The molecule has 1 aromatic heterocycles. The Labute approximate surface area is 152 Å². The summed E-state index contributed by atoms with van der Waals surface area (Å²) in [6, 6.07) is 16.1. The second-order valence-corrected chi connectivity index (χ2v) is 5.48. The largest absolute Gasteiger partial charge is 0.269 e. The molecule has 0 fully saturated rings. The number of aromatic nitrogens is 1. The normalized spacial score (nSPS) is 10.3. The zero-order valence-corrected chi connectivity index (χ0v) is 14.9. The van der Waals surface area contributed by atoms with Gasteiger partial charge in [-0.25, -0.2) is 4.98 Å². The minimum Gasteiger partial charge on any atom is -0.258 e. The van der Waals surface area contributed by atoms with Gasteiger partial charge in [0.05, 0.1) is 16.8 Å². The second kappa shape index (κ2) is 8.32. The highest BCUT2D eigenvalue weighted by atomic mass is 79.9. The molecule has 0 atom stereocenters. The van der Waals surface area contributed by atoms with Crippen LogP contribution in [-0.4, -0.2) is 16.1 Å². The zero-order valence-electron chi connectivity index (χ0n) is 12.3. The molecule has 3 aromatic rings. The molecule has 2 aromatic carbocycles. The first-order valence-electron chi connectivity index (χ1n) is 6.77. The highest BCUT2D eigenvalue weighted by Gasteiger charge is 2.04. The number of benzene rings is 2. The molecule has 0 aliphatic rings. The first-order chi connectivity index (χ1) is 11.2. The van der Waals surface area contributed by atoms with E-state index in [1.807, 2.05) is 35.7 Å². The van der Waals surface area contributed by atoms with Crippen LogP contribution in [0.2, 0.25) is 0 Å².